The molecule has 2 nitrogen and oxygen atoms in total. The number of thioether (sulfide) groups is 1. The van der Waals surface area contributed by atoms with Crippen LogP contribution in [0.15, 0.2) is 30.3 Å². The Morgan fingerprint density at radius 1 is 1.40 bits per heavy atom. The second-order valence-corrected chi connectivity index (χ2v) is 6.82. The maximum Gasteiger partial charge on any atom is 0.133 e. The maximum atomic E-state index is 6.15. The average molecular weight is 307 g/mol. The number of benzene rings is 1. The first-order valence-electron chi connectivity index (χ1n) is 7.13. The monoisotopic (exact) mass is 306 g/mol. The predicted molar refractivity (Wildman–Crippen MR) is 90.1 cm³/mol. The zero-order chi connectivity index (χ0) is 13.9. The number of rotatable bonds is 3. The minimum atomic E-state index is 0.521. The molecule has 1 saturated heterocycles. The zero-order valence-electron chi connectivity index (χ0n) is 11.7. The van der Waals surface area contributed by atoms with Gasteiger partial charge in [-0.15, -0.1) is 11.6 Å². The quantitative estimate of drug-likeness (QED) is 0.786. The van der Waals surface area contributed by atoms with Crippen molar-refractivity contribution < 1.29 is 0 Å². The van der Waals surface area contributed by atoms with E-state index in [-0.39, 0.29) is 0 Å². The van der Waals surface area contributed by atoms with E-state index >= 15 is 0 Å². The van der Waals surface area contributed by atoms with Gasteiger partial charge in [0.2, 0.25) is 0 Å². The highest BCUT2D eigenvalue weighted by molar-refractivity contribution is 8.00. The molecule has 0 amide bonds. The molecule has 1 unspecified atom stereocenters. The van der Waals surface area contributed by atoms with Crippen molar-refractivity contribution in [1.82, 2.24) is 4.98 Å². The third kappa shape index (κ3) is 2.75. The number of para-hydroxylation sites is 1. The molecule has 20 heavy (non-hydrogen) atoms. The summed E-state index contributed by atoms with van der Waals surface area (Å²) in [6, 6.07) is 10.5. The number of aromatic nitrogens is 1. The van der Waals surface area contributed by atoms with Crippen LogP contribution in [0.1, 0.15) is 18.9 Å². The lowest BCUT2D eigenvalue weighted by molar-refractivity contribution is 0.719. The van der Waals surface area contributed by atoms with Gasteiger partial charge in [-0.3, -0.25) is 0 Å². The van der Waals surface area contributed by atoms with Gasteiger partial charge in [-0.1, -0.05) is 25.1 Å². The SMILES string of the molecule is CCC1CN(c2nc3ccccc3cc2CCl)CCS1. The Kier molecular flexibility index (Phi) is 4.37. The van der Waals surface area contributed by atoms with Crippen LogP contribution < -0.4 is 4.90 Å². The lowest BCUT2D eigenvalue weighted by Gasteiger charge is -2.34. The van der Waals surface area contributed by atoms with E-state index in [0.717, 1.165) is 30.0 Å². The summed E-state index contributed by atoms with van der Waals surface area (Å²) in [4.78, 5) is 7.28. The van der Waals surface area contributed by atoms with Gasteiger partial charge < -0.3 is 4.90 Å². The summed E-state index contributed by atoms with van der Waals surface area (Å²) in [7, 11) is 0. The number of pyridine rings is 1. The van der Waals surface area contributed by atoms with Crippen LogP contribution in [0.4, 0.5) is 5.82 Å². The molecule has 2 aromatic rings. The lowest BCUT2D eigenvalue weighted by atomic mass is 10.1. The smallest absolute Gasteiger partial charge is 0.133 e. The highest BCUT2D eigenvalue weighted by Crippen LogP contribution is 2.29. The molecule has 1 aliphatic rings. The predicted octanol–water partition coefficient (Wildman–Crippen LogP) is 4.31. The lowest BCUT2D eigenvalue weighted by Crippen LogP contribution is -2.38. The van der Waals surface area contributed by atoms with Crippen molar-refractivity contribution in [1.29, 1.82) is 0 Å². The van der Waals surface area contributed by atoms with Crippen LogP contribution in [-0.4, -0.2) is 29.1 Å². The Bertz CT molecular complexity index is 602. The Morgan fingerprint density at radius 3 is 3.05 bits per heavy atom. The second-order valence-electron chi connectivity index (χ2n) is 5.14. The second kappa shape index (κ2) is 6.23. The molecular weight excluding hydrogens is 288 g/mol. The van der Waals surface area contributed by atoms with E-state index in [1.165, 1.54) is 17.6 Å². The van der Waals surface area contributed by atoms with Gasteiger partial charge in [0.05, 0.1) is 11.4 Å². The number of nitrogens with zero attached hydrogens (tertiary/aromatic N) is 2. The summed E-state index contributed by atoms with van der Waals surface area (Å²) in [6.45, 7) is 4.41. The van der Waals surface area contributed by atoms with Gasteiger partial charge >= 0.3 is 0 Å². The van der Waals surface area contributed by atoms with E-state index in [9.17, 15) is 0 Å². The Morgan fingerprint density at radius 2 is 2.25 bits per heavy atom. The van der Waals surface area contributed by atoms with Crippen LogP contribution >= 0.6 is 23.4 Å². The third-order valence-corrected chi connectivity index (χ3v) is 5.48. The largest absolute Gasteiger partial charge is 0.354 e. The van der Waals surface area contributed by atoms with Crippen molar-refractivity contribution in [2.75, 3.05) is 23.7 Å². The van der Waals surface area contributed by atoms with Crippen molar-refractivity contribution >= 4 is 40.1 Å². The number of alkyl halides is 1. The van der Waals surface area contributed by atoms with E-state index in [2.05, 4.69) is 41.8 Å². The van der Waals surface area contributed by atoms with Crippen LogP contribution in [0, 0.1) is 0 Å². The third-order valence-electron chi connectivity index (χ3n) is 3.82. The van der Waals surface area contributed by atoms with Crippen LogP contribution in [-0.2, 0) is 5.88 Å². The molecule has 3 rings (SSSR count). The van der Waals surface area contributed by atoms with E-state index < -0.39 is 0 Å². The molecule has 0 radical (unpaired) electrons. The first-order valence-corrected chi connectivity index (χ1v) is 8.71. The molecule has 0 N–H and O–H groups in total. The molecule has 0 aliphatic carbocycles. The topological polar surface area (TPSA) is 16.1 Å². The number of fused-ring (bicyclic) bond motifs is 1. The summed E-state index contributed by atoms with van der Waals surface area (Å²) in [5, 5.41) is 1.88. The van der Waals surface area contributed by atoms with E-state index in [4.69, 9.17) is 16.6 Å². The van der Waals surface area contributed by atoms with Gasteiger partial charge in [0.25, 0.3) is 0 Å². The summed E-state index contributed by atoms with van der Waals surface area (Å²) in [5.41, 5.74) is 2.20. The van der Waals surface area contributed by atoms with Crippen LogP contribution in [0.25, 0.3) is 10.9 Å². The highest BCUT2D eigenvalue weighted by atomic mass is 35.5. The van der Waals surface area contributed by atoms with Gasteiger partial charge in [-0.2, -0.15) is 11.8 Å². The number of halogens is 1. The van der Waals surface area contributed by atoms with Gasteiger partial charge in [-0.05, 0) is 18.6 Å². The van der Waals surface area contributed by atoms with Gasteiger partial charge in [0.15, 0.2) is 0 Å². The average Bonchev–Trinajstić information content (AvgIpc) is 2.53. The molecule has 0 bridgehead atoms. The minimum absolute atomic E-state index is 0.521. The summed E-state index contributed by atoms with van der Waals surface area (Å²) >= 11 is 8.23. The van der Waals surface area contributed by atoms with E-state index in [1.54, 1.807) is 0 Å². The molecule has 4 heteroatoms. The Hall–Kier alpha value is -0.930. The molecule has 1 aromatic heterocycles. The molecule has 2 heterocycles. The minimum Gasteiger partial charge on any atom is -0.354 e. The van der Waals surface area contributed by atoms with Crippen LogP contribution in [0.3, 0.4) is 0 Å². The fourth-order valence-corrected chi connectivity index (χ4v) is 4.06. The molecule has 0 saturated carbocycles. The van der Waals surface area contributed by atoms with Crippen molar-refractivity contribution in [2.45, 2.75) is 24.5 Å². The first kappa shape index (κ1) is 14.0. The van der Waals surface area contributed by atoms with Crippen molar-refractivity contribution in [3.63, 3.8) is 0 Å². The van der Waals surface area contributed by atoms with Gasteiger partial charge in [0.1, 0.15) is 5.82 Å². The first-order chi connectivity index (χ1) is 9.81. The normalized spacial score (nSPS) is 19.5. The molecule has 1 fully saturated rings. The summed E-state index contributed by atoms with van der Waals surface area (Å²) < 4.78 is 0. The summed E-state index contributed by atoms with van der Waals surface area (Å²) in [5.74, 6) is 2.78. The fraction of sp³-hybridized carbons (Fsp3) is 0.438. The van der Waals surface area contributed by atoms with Crippen molar-refractivity contribution in [2.24, 2.45) is 0 Å². The maximum absolute atomic E-state index is 6.15. The van der Waals surface area contributed by atoms with Gasteiger partial charge in [-0.25, -0.2) is 4.98 Å². The fourth-order valence-electron chi connectivity index (χ4n) is 2.68. The molecular formula is C16H19ClN2S. The molecule has 1 atom stereocenters. The van der Waals surface area contributed by atoms with Crippen molar-refractivity contribution in [3.8, 4) is 0 Å². The highest BCUT2D eigenvalue weighted by Gasteiger charge is 2.22. The number of hydrogen-bond acceptors (Lipinski definition) is 3. The Labute approximate surface area is 129 Å². The zero-order valence-corrected chi connectivity index (χ0v) is 13.3. The van der Waals surface area contributed by atoms with Crippen LogP contribution in [0.5, 0.6) is 0 Å². The molecule has 0 spiro atoms. The Balaban J connectivity index is 2.00. The van der Waals surface area contributed by atoms with Crippen LogP contribution in [0.2, 0.25) is 0 Å². The van der Waals surface area contributed by atoms with Crippen molar-refractivity contribution in [3.05, 3.63) is 35.9 Å². The van der Waals surface area contributed by atoms with Gasteiger partial charge in [0, 0.05) is 35.0 Å². The molecule has 1 aromatic carbocycles. The standard InChI is InChI=1S/C16H19ClN2S/c1-2-14-11-19(7-8-20-14)16-13(10-17)9-12-5-3-4-6-15(12)18-16/h3-6,9,14H,2,7-8,10-11H2,1H3. The van der Waals surface area contributed by atoms with E-state index in [0.29, 0.717) is 11.1 Å². The molecule has 106 valence electrons. The number of hydrogen-bond donors (Lipinski definition) is 0. The number of anilines is 1. The van der Waals surface area contributed by atoms with E-state index in [1.807, 2.05) is 12.1 Å². The molecule has 1 aliphatic heterocycles. The summed E-state index contributed by atoms with van der Waals surface area (Å²) in [6.07, 6.45) is 1.21.